The Morgan fingerprint density at radius 3 is 2.57 bits per heavy atom. The maximum absolute atomic E-state index is 12.2. The quantitative estimate of drug-likeness (QED) is 0.734. The molecule has 0 heterocycles. The molecule has 0 fully saturated rings. The van der Waals surface area contributed by atoms with Crippen molar-refractivity contribution in [2.24, 2.45) is 0 Å². The van der Waals surface area contributed by atoms with Crippen molar-refractivity contribution in [3.8, 4) is 11.5 Å². The number of hydrogen-bond acceptors (Lipinski definition) is 3. The SMILES string of the molecule is COc1ccc(Cl)cc1CN(C)C(=O)COc1ccc(Br)cc1. The van der Waals surface area contributed by atoms with E-state index in [4.69, 9.17) is 21.1 Å². The normalized spacial score (nSPS) is 10.3. The van der Waals surface area contributed by atoms with Gasteiger partial charge in [0.05, 0.1) is 7.11 Å². The third-order valence-electron chi connectivity index (χ3n) is 3.25. The fourth-order valence-corrected chi connectivity index (χ4v) is 2.46. The molecule has 122 valence electrons. The number of hydrogen-bond donors (Lipinski definition) is 0. The van der Waals surface area contributed by atoms with Gasteiger partial charge in [-0.15, -0.1) is 0 Å². The fourth-order valence-electron chi connectivity index (χ4n) is 2.00. The van der Waals surface area contributed by atoms with Crippen LogP contribution in [0.5, 0.6) is 11.5 Å². The van der Waals surface area contributed by atoms with Gasteiger partial charge in [-0.1, -0.05) is 27.5 Å². The topological polar surface area (TPSA) is 38.8 Å². The van der Waals surface area contributed by atoms with E-state index >= 15 is 0 Å². The Labute approximate surface area is 149 Å². The zero-order valence-corrected chi connectivity index (χ0v) is 15.2. The molecule has 23 heavy (non-hydrogen) atoms. The fraction of sp³-hybridized carbons (Fsp3) is 0.235. The molecule has 0 saturated heterocycles. The first kappa shape index (κ1) is 17.6. The molecule has 0 spiro atoms. The van der Waals surface area contributed by atoms with Gasteiger partial charge in [0, 0.05) is 28.7 Å². The average molecular weight is 399 g/mol. The van der Waals surface area contributed by atoms with E-state index in [9.17, 15) is 4.79 Å². The maximum atomic E-state index is 12.2. The summed E-state index contributed by atoms with van der Waals surface area (Å²) < 4.78 is 11.7. The smallest absolute Gasteiger partial charge is 0.260 e. The van der Waals surface area contributed by atoms with E-state index in [-0.39, 0.29) is 12.5 Å². The van der Waals surface area contributed by atoms with Gasteiger partial charge in [0.1, 0.15) is 11.5 Å². The predicted molar refractivity (Wildman–Crippen MR) is 94.1 cm³/mol. The molecule has 0 aromatic heterocycles. The lowest BCUT2D eigenvalue weighted by Gasteiger charge is -2.19. The summed E-state index contributed by atoms with van der Waals surface area (Å²) in [5.74, 6) is 1.22. The number of methoxy groups -OCH3 is 1. The monoisotopic (exact) mass is 397 g/mol. The summed E-state index contributed by atoms with van der Waals surface area (Å²) >= 11 is 9.36. The van der Waals surface area contributed by atoms with E-state index in [2.05, 4.69) is 15.9 Å². The molecular formula is C17H17BrClNO3. The third kappa shape index (κ3) is 5.15. The van der Waals surface area contributed by atoms with Gasteiger partial charge in [-0.25, -0.2) is 0 Å². The Bertz CT molecular complexity index is 676. The standard InChI is InChI=1S/C17H17BrClNO3/c1-20(10-12-9-14(19)5-8-16(12)22-2)17(21)11-23-15-6-3-13(18)4-7-15/h3-9H,10-11H2,1-2H3. The number of carbonyl (C=O) groups excluding carboxylic acids is 1. The number of benzene rings is 2. The van der Waals surface area contributed by atoms with Gasteiger partial charge in [0.25, 0.3) is 5.91 Å². The first-order valence-corrected chi connectivity index (χ1v) is 8.11. The van der Waals surface area contributed by atoms with Crippen molar-refractivity contribution in [2.75, 3.05) is 20.8 Å². The molecule has 0 aliphatic carbocycles. The molecule has 6 heteroatoms. The largest absolute Gasteiger partial charge is 0.496 e. The number of amides is 1. The average Bonchev–Trinajstić information content (AvgIpc) is 2.54. The van der Waals surface area contributed by atoms with Gasteiger partial charge in [0.2, 0.25) is 0 Å². The van der Waals surface area contributed by atoms with E-state index < -0.39 is 0 Å². The third-order valence-corrected chi connectivity index (χ3v) is 4.02. The van der Waals surface area contributed by atoms with E-state index in [0.29, 0.717) is 23.1 Å². The Kier molecular flexibility index (Phi) is 6.30. The van der Waals surface area contributed by atoms with Crippen molar-refractivity contribution < 1.29 is 14.3 Å². The first-order chi connectivity index (χ1) is 11.0. The minimum atomic E-state index is -0.130. The van der Waals surface area contributed by atoms with Gasteiger partial charge in [-0.3, -0.25) is 4.79 Å². The van der Waals surface area contributed by atoms with Crippen molar-refractivity contribution >= 4 is 33.4 Å². The van der Waals surface area contributed by atoms with Gasteiger partial charge in [0.15, 0.2) is 6.61 Å². The van der Waals surface area contributed by atoms with Crippen LogP contribution < -0.4 is 9.47 Å². The minimum Gasteiger partial charge on any atom is -0.496 e. The summed E-state index contributed by atoms with van der Waals surface area (Å²) in [5.41, 5.74) is 0.847. The van der Waals surface area contributed by atoms with E-state index in [1.54, 1.807) is 49.4 Å². The second-order valence-electron chi connectivity index (χ2n) is 4.95. The highest BCUT2D eigenvalue weighted by Gasteiger charge is 2.13. The molecule has 0 atom stereocenters. The molecule has 1 amide bonds. The van der Waals surface area contributed by atoms with Crippen LogP contribution in [0.4, 0.5) is 0 Å². The number of halogens is 2. The number of ether oxygens (including phenoxy) is 2. The molecule has 2 rings (SSSR count). The van der Waals surface area contributed by atoms with Crippen LogP contribution in [0.1, 0.15) is 5.56 Å². The van der Waals surface area contributed by atoms with Crippen LogP contribution >= 0.6 is 27.5 Å². The van der Waals surface area contributed by atoms with Gasteiger partial charge in [-0.05, 0) is 42.5 Å². The van der Waals surface area contributed by atoms with Crippen LogP contribution in [0.3, 0.4) is 0 Å². The molecular weight excluding hydrogens is 382 g/mol. The number of rotatable bonds is 6. The lowest BCUT2D eigenvalue weighted by atomic mass is 10.2. The highest BCUT2D eigenvalue weighted by Crippen LogP contribution is 2.24. The van der Waals surface area contributed by atoms with Crippen molar-refractivity contribution in [1.82, 2.24) is 4.90 Å². The number of nitrogens with zero attached hydrogens (tertiary/aromatic N) is 1. The summed E-state index contributed by atoms with van der Waals surface area (Å²) in [7, 11) is 3.30. The summed E-state index contributed by atoms with van der Waals surface area (Å²) in [6.07, 6.45) is 0. The second-order valence-corrected chi connectivity index (χ2v) is 6.30. The second kappa shape index (κ2) is 8.22. The minimum absolute atomic E-state index is 0.0268. The van der Waals surface area contributed by atoms with Crippen LogP contribution in [-0.2, 0) is 11.3 Å². The maximum Gasteiger partial charge on any atom is 0.260 e. The number of likely N-dealkylation sites (N-methyl/N-ethyl adjacent to an activating group) is 1. The Hall–Kier alpha value is -1.72. The van der Waals surface area contributed by atoms with Gasteiger partial charge in [-0.2, -0.15) is 0 Å². The zero-order valence-electron chi connectivity index (χ0n) is 12.9. The lowest BCUT2D eigenvalue weighted by Crippen LogP contribution is -2.31. The van der Waals surface area contributed by atoms with Crippen molar-refractivity contribution in [3.63, 3.8) is 0 Å². The molecule has 0 bridgehead atoms. The lowest BCUT2D eigenvalue weighted by molar-refractivity contribution is -0.132. The zero-order chi connectivity index (χ0) is 16.8. The molecule has 0 radical (unpaired) electrons. The van der Waals surface area contributed by atoms with Crippen molar-refractivity contribution in [1.29, 1.82) is 0 Å². The van der Waals surface area contributed by atoms with E-state index in [1.165, 1.54) is 0 Å². The van der Waals surface area contributed by atoms with Crippen LogP contribution in [-0.4, -0.2) is 31.6 Å². The summed E-state index contributed by atoms with van der Waals surface area (Å²) in [6.45, 7) is 0.368. The summed E-state index contributed by atoms with van der Waals surface area (Å²) in [5, 5.41) is 0.604. The Balaban J connectivity index is 1.94. The summed E-state index contributed by atoms with van der Waals surface area (Å²) in [6, 6.07) is 12.7. The van der Waals surface area contributed by atoms with E-state index in [1.807, 2.05) is 12.1 Å². The predicted octanol–water partition coefficient (Wildman–Crippen LogP) is 4.15. The van der Waals surface area contributed by atoms with Crippen molar-refractivity contribution in [2.45, 2.75) is 6.54 Å². The van der Waals surface area contributed by atoms with Crippen LogP contribution in [0.15, 0.2) is 46.9 Å². The first-order valence-electron chi connectivity index (χ1n) is 6.94. The molecule has 4 nitrogen and oxygen atoms in total. The highest BCUT2D eigenvalue weighted by atomic mass is 79.9. The molecule has 0 saturated carbocycles. The van der Waals surface area contributed by atoms with Gasteiger partial charge < -0.3 is 14.4 Å². The Morgan fingerprint density at radius 2 is 1.91 bits per heavy atom. The molecule has 0 unspecified atom stereocenters. The van der Waals surface area contributed by atoms with Crippen LogP contribution in [0.2, 0.25) is 5.02 Å². The summed E-state index contributed by atoms with van der Waals surface area (Å²) in [4.78, 5) is 13.8. The highest BCUT2D eigenvalue weighted by molar-refractivity contribution is 9.10. The van der Waals surface area contributed by atoms with Crippen LogP contribution in [0, 0.1) is 0 Å². The van der Waals surface area contributed by atoms with E-state index in [0.717, 1.165) is 10.0 Å². The van der Waals surface area contributed by atoms with Crippen molar-refractivity contribution in [3.05, 3.63) is 57.5 Å². The molecule has 0 aliphatic rings. The molecule has 0 aliphatic heterocycles. The molecule has 2 aromatic rings. The Morgan fingerprint density at radius 1 is 1.22 bits per heavy atom. The van der Waals surface area contributed by atoms with Crippen LogP contribution in [0.25, 0.3) is 0 Å². The molecule has 0 N–H and O–H groups in total. The van der Waals surface area contributed by atoms with Gasteiger partial charge >= 0.3 is 0 Å². The molecule has 2 aromatic carbocycles. The number of carbonyl (C=O) groups is 1.